The second-order valence-electron chi connectivity index (χ2n) is 6.73. The number of nitrogens with one attached hydrogen (secondary N) is 1. The molecule has 2 amide bonds. The number of nitrogens with zero attached hydrogens (tertiary/aromatic N) is 1. The van der Waals surface area contributed by atoms with Crippen molar-refractivity contribution in [3.63, 3.8) is 0 Å². The van der Waals surface area contributed by atoms with Gasteiger partial charge in [0.05, 0.1) is 5.92 Å². The fourth-order valence-electron chi connectivity index (χ4n) is 3.07. The highest BCUT2D eigenvalue weighted by Gasteiger charge is 2.26. The van der Waals surface area contributed by atoms with Gasteiger partial charge in [-0.2, -0.15) is 0 Å². The molecule has 1 fully saturated rings. The lowest BCUT2D eigenvalue weighted by Crippen LogP contribution is -2.42. The van der Waals surface area contributed by atoms with E-state index < -0.39 is 0 Å². The van der Waals surface area contributed by atoms with Crippen molar-refractivity contribution in [3.05, 3.63) is 54.1 Å². The zero-order valence-corrected chi connectivity index (χ0v) is 15.2. The summed E-state index contributed by atoms with van der Waals surface area (Å²) in [4.78, 5) is 25.7. The Bertz CT molecular complexity index is 769. The summed E-state index contributed by atoms with van der Waals surface area (Å²) in [7, 11) is 0. The van der Waals surface area contributed by atoms with E-state index in [1.165, 1.54) is 5.56 Å². The van der Waals surface area contributed by atoms with E-state index in [4.69, 9.17) is 4.74 Å². The third-order valence-corrected chi connectivity index (χ3v) is 4.62. The van der Waals surface area contributed by atoms with Crippen LogP contribution in [-0.4, -0.2) is 29.8 Å². The van der Waals surface area contributed by atoms with Gasteiger partial charge in [-0.3, -0.25) is 9.59 Å². The van der Waals surface area contributed by atoms with Gasteiger partial charge in [0.2, 0.25) is 11.8 Å². The lowest BCUT2D eigenvalue weighted by Gasteiger charge is -2.31. The topological polar surface area (TPSA) is 58.6 Å². The van der Waals surface area contributed by atoms with E-state index >= 15 is 0 Å². The molecule has 5 heteroatoms. The molecule has 1 N–H and O–H groups in total. The molecule has 0 radical (unpaired) electrons. The minimum absolute atomic E-state index is 0.0279. The van der Waals surface area contributed by atoms with Crippen molar-refractivity contribution in [2.45, 2.75) is 26.7 Å². The Morgan fingerprint density at radius 2 is 1.65 bits per heavy atom. The number of carbonyl (C=O) groups excluding carboxylic acids is 2. The number of ether oxygens (including phenoxy) is 1. The molecule has 2 aromatic rings. The highest BCUT2D eigenvalue weighted by Crippen LogP contribution is 2.24. The number of amides is 2. The van der Waals surface area contributed by atoms with E-state index in [0.29, 0.717) is 12.3 Å². The van der Waals surface area contributed by atoms with Gasteiger partial charge < -0.3 is 15.0 Å². The Labute approximate surface area is 154 Å². The van der Waals surface area contributed by atoms with Crippen LogP contribution in [-0.2, 0) is 9.59 Å². The molecule has 1 atom stereocenters. The van der Waals surface area contributed by atoms with E-state index in [9.17, 15) is 9.59 Å². The summed E-state index contributed by atoms with van der Waals surface area (Å²) in [5, 5.41) is 2.94. The second kappa shape index (κ2) is 8.04. The van der Waals surface area contributed by atoms with Crippen LogP contribution in [0.15, 0.2) is 48.5 Å². The fourth-order valence-corrected chi connectivity index (χ4v) is 3.07. The number of piperidine rings is 1. The molecule has 1 aliphatic heterocycles. The largest absolute Gasteiger partial charge is 0.457 e. The number of rotatable bonds is 4. The van der Waals surface area contributed by atoms with Crippen LogP contribution in [0.3, 0.4) is 0 Å². The van der Waals surface area contributed by atoms with E-state index in [1.54, 1.807) is 11.8 Å². The van der Waals surface area contributed by atoms with Gasteiger partial charge in [0.1, 0.15) is 11.5 Å². The first kappa shape index (κ1) is 18.0. The number of likely N-dealkylation sites (tertiary alicyclic amines) is 1. The van der Waals surface area contributed by atoms with Crippen molar-refractivity contribution < 1.29 is 14.3 Å². The smallest absolute Gasteiger partial charge is 0.229 e. The first-order chi connectivity index (χ1) is 12.5. The summed E-state index contributed by atoms with van der Waals surface area (Å²) < 4.78 is 5.79. The van der Waals surface area contributed by atoms with E-state index in [-0.39, 0.29) is 17.7 Å². The summed E-state index contributed by atoms with van der Waals surface area (Å²) in [5.74, 6) is 1.32. The summed E-state index contributed by atoms with van der Waals surface area (Å²) >= 11 is 0. The predicted molar refractivity (Wildman–Crippen MR) is 101 cm³/mol. The number of anilines is 1. The SMILES string of the molecule is CC(=O)N1CCC[C@H](C(=O)Nc2ccc(Oc3ccc(C)cc3)cc2)C1. The Morgan fingerprint density at radius 1 is 1.04 bits per heavy atom. The van der Waals surface area contributed by atoms with Gasteiger partial charge in [-0.15, -0.1) is 0 Å². The minimum Gasteiger partial charge on any atom is -0.457 e. The first-order valence-electron chi connectivity index (χ1n) is 8.92. The van der Waals surface area contributed by atoms with Crippen molar-refractivity contribution in [2.75, 3.05) is 18.4 Å². The Kier molecular flexibility index (Phi) is 5.56. The molecule has 0 unspecified atom stereocenters. The normalized spacial score (nSPS) is 16.8. The standard InChI is InChI=1S/C21H24N2O3/c1-15-5-9-19(10-6-15)26-20-11-7-18(8-12-20)22-21(25)17-4-3-13-23(14-17)16(2)24/h5-12,17H,3-4,13-14H2,1-2H3,(H,22,25)/t17-/m0/s1. The van der Waals surface area contributed by atoms with Crippen LogP contribution in [0.25, 0.3) is 0 Å². The van der Waals surface area contributed by atoms with Gasteiger partial charge >= 0.3 is 0 Å². The highest BCUT2D eigenvalue weighted by atomic mass is 16.5. The molecule has 1 heterocycles. The lowest BCUT2D eigenvalue weighted by atomic mass is 9.97. The van der Waals surface area contributed by atoms with Gasteiger partial charge in [0, 0.05) is 25.7 Å². The maximum atomic E-state index is 12.5. The fraction of sp³-hybridized carbons (Fsp3) is 0.333. The van der Waals surface area contributed by atoms with Gasteiger partial charge in [-0.05, 0) is 56.2 Å². The van der Waals surface area contributed by atoms with Crippen LogP contribution in [0, 0.1) is 12.8 Å². The summed E-state index contributed by atoms with van der Waals surface area (Å²) in [6.45, 7) is 4.82. The van der Waals surface area contributed by atoms with Crippen LogP contribution >= 0.6 is 0 Å². The predicted octanol–water partition coefficient (Wildman–Crippen LogP) is 3.98. The van der Waals surface area contributed by atoms with E-state index in [1.807, 2.05) is 55.5 Å². The number of hydrogen-bond donors (Lipinski definition) is 1. The minimum atomic E-state index is -0.156. The molecule has 0 saturated carbocycles. The number of aryl methyl sites for hydroxylation is 1. The van der Waals surface area contributed by atoms with Crippen LogP contribution in [0.1, 0.15) is 25.3 Å². The zero-order chi connectivity index (χ0) is 18.5. The molecule has 136 valence electrons. The van der Waals surface area contributed by atoms with Crippen molar-refractivity contribution >= 4 is 17.5 Å². The molecular weight excluding hydrogens is 328 g/mol. The van der Waals surface area contributed by atoms with Gasteiger partial charge in [-0.1, -0.05) is 17.7 Å². The summed E-state index contributed by atoms with van der Waals surface area (Å²) in [6.07, 6.45) is 1.67. The molecule has 26 heavy (non-hydrogen) atoms. The molecule has 0 spiro atoms. The van der Waals surface area contributed by atoms with Crippen molar-refractivity contribution in [3.8, 4) is 11.5 Å². The molecule has 0 aliphatic carbocycles. The van der Waals surface area contributed by atoms with Crippen LogP contribution < -0.4 is 10.1 Å². The molecule has 2 aromatic carbocycles. The monoisotopic (exact) mass is 352 g/mol. The summed E-state index contributed by atoms with van der Waals surface area (Å²) in [6, 6.07) is 15.2. The van der Waals surface area contributed by atoms with Gasteiger partial charge in [-0.25, -0.2) is 0 Å². The zero-order valence-electron chi connectivity index (χ0n) is 15.2. The average molecular weight is 352 g/mol. The molecule has 1 aliphatic rings. The highest BCUT2D eigenvalue weighted by molar-refractivity contribution is 5.93. The Hall–Kier alpha value is -2.82. The van der Waals surface area contributed by atoms with Gasteiger partial charge in [0.25, 0.3) is 0 Å². The third-order valence-electron chi connectivity index (χ3n) is 4.62. The number of hydrogen-bond acceptors (Lipinski definition) is 3. The van der Waals surface area contributed by atoms with Crippen molar-refractivity contribution in [1.29, 1.82) is 0 Å². The molecule has 3 rings (SSSR count). The molecular formula is C21H24N2O3. The Balaban J connectivity index is 1.57. The van der Waals surface area contributed by atoms with Crippen LogP contribution in [0.5, 0.6) is 11.5 Å². The third kappa shape index (κ3) is 4.63. The van der Waals surface area contributed by atoms with Crippen molar-refractivity contribution in [1.82, 2.24) is 4.90 Å². The maximum Gasteiger partial charge on any atom is 0.229 e. The number of carbonyl (C=O) groups is 2. The lowest BCUT2D eigenvalue weighted by molar-refractivity contribution is -0.132. The van der Waals surface area contributed by atoms with E-state index in [2.05, 4.69) is 5.32 Å². The first-order valence-corrected chi connectivity index (χ1v) is 8.92. The second-order valence-corrected chi connectivity index (χ2v) is 6.73. The number of benzene rings is 2. The maximum absolute atomic E-state index is 12.5. The summed E-state index contributed by atoms with van der Waals surface area (Å²) in [5.41, 5.74) is 1.91. The molecule has 0 aromatic heterocycles. The van der Waals surface area contributed by atoms with E-state index in [0.717, 1.165) is 30.8 Å². The van der Waals surface area contributed by atoms with Crippen LogP contribution in [0.4, 0.5) is 5.69 Å². The van der Waals surface area contributed by atoms with Crippen LogP contribution in [0.2, 0.25) is 0 Å². The average Bonchev–Trinajstić information content (AvgIpc) is 2.65. The quantitative estimate of drug-likeness (QED) is 0.905. The van der Waals surface area contributed by atoms with Gasteiger partial charge in [0.15, 0.2) is 0 Å². The molecule has 5 nitrogen and oxygen atoms in total. The molecule has 1 saturated heterocycles. The Morgan fingerprint density at radius 3 is 2.27 bits per heavy atom. The van der Waals surface area contributed by atoms with Crippen molar-refractivity contribution in [2.24, 2.45) is 5.92 Å². The molecule has 0 bridgehead atoms.